The van der Waals surface area contributed by atoms with Crippen molar-refractivity contribution in [2.24, 2.45) is 5.41 Å². The van der Waals surface area contributed by atoms with Gasteiger partial charge in [-0.3, -0.25) is 0 Å². The largest absolute Gasteiger partial charge is 0.348 e. The summed E-state index contributed by atoms with van der Waals surface area (Å²) < 4.78 is 12.8. The van der Waals surface area contributed by atoms with E-state index < -0.39 is 0 Å². The van der Waals surface area contributed by atoms with Crippen LogP contribution in [0.1, 0.15) is 39.0 Å². The van der Waals surface area contributed by atoms with Crippen LogP contribution in [0, 0.1) is 5.41 Å². The highest BCUT2D eigenvalue weighted by Crippen LogP contribution is 2.47. The first-order chi connectivity index (χ1) is 6.68. The number of hydrogen-bond acceptors (Lipinski definition) is 2. The summed E-state index contributed by atoms with van der Waals surface area (Å²) in [6.45, 7) is 3.97. The van der Waals surface area contributed by atoms with Gasteiger partial charge in [-0.2, -0.15) is 0 Å². The van der Waals surface area contributed by atoms with Crippen LogP contribution in [0.3, 0.4) is 0 Å². The molecule has 2 aliphatic rings. The lowest BCUT2D eigenvalue weighted by Crippen LogP contribution is -2.41. The lowest BCUT2D eigenvalue weighted by atomic mass is 9.71. The van der Waals surface area contributed by atoms with Gasteiger partial charge in [0.15, 0.2) is 5.79 Å². The molecule has 0 amide bonds. The minimum absolute atomic E-state index is 0.196. The van der Waals surface area contributed by atoms with Crippen LogP contribution in [0.15, 0.2) is 0 Å². The second kappa shape index (κ2) is 4.26. The second-order valence-corrected chi connectivity index (χ2v) is 5.97. The van der Waals surface area contributed by atoms with Crippen molar-refractivity contribution in [3.8, 4) is 0 Å². The minimum Gasteiger partial charge on any atom is -0.348 e. The van der Waals surface area contributed by atoms with Crippen molar-refractivity contribution in [2.45, 2.75) is 44.8 Å². The van der Waals surface area contributed by atoms with Crippen LogP contribution >= 0.6 is 22.6 Å². The molecule has 1 aliphatic heterocycles. The quantitative estimate of drug-likeness (QED) is 0.576. The van der Waals surface area contributed by atoms with Crippen molar-refractivity contribution in [1.29, 1.82) is 0 Å². The number of halogens is 1. The van der Waals surface area contributed by atoms with Crippen molar-refractivity contribution >= 4 is 22.6 Å². The summed E-state index contributed by atoms with van der Waals surface area (Å²) in [4.78, 5) is 0. The molecule has 1 spiro atoms. The average molecular weight is 310 g/mol. The summed E-state index contributed by atoms with van der Waals surface area (Å²) in [5.41, 5.74) is 0.448. The predicted octanol–water partition coefficient (Wildman–Crippen LogP) is 3.13. The molecule has 0 aromatic rings. The van der Waals surface area contributed by atoms with Crippen molar-refractivity contribution < 1.29 is 9.47 Å². The first-order valence-corrected chi connectivity index (χ1v) is 7.05. The zero-order valence-electron chi connectivity index (χ0n) is 8.85. The van der Waals surface area contributed by atoms with Crippen molar-refractivity contribution in [3.05, 3.63) is 0 Å². The van der Waals surface area contributed by atoms with Gasteiger partial charge in [-0.1, -0.05) is 29.5 Å². The van der Waals surface area contributed by atoms with Gasteiger partial charge >= 0.3 is 0 Å². The molecule has 2 nitrogen and oxygen atoms in total. The highest BCUT2D eigenvalue weighted by atomic mass is 127. The predicted molar refractivity (Wildman–Crippen MR) is 64.7 cm³/mol. The van der Waals surface area contributed by atoms with E-state index in [1.807, 2.05) is 0 Å². The first kappa shape index (κ1) is 11.1. The summed E-state index contributed by atoms with van der Waals surface area (Å²) in [5, 5.41) is 0. The highest BCUT2D eigenvalue weighted by Gasteiger charge is 2.45. The van der Waals surface area contributed by atoms with E-state index in [1.165, 1.54) is 23.7 Å². The first-order valence-electron chi connectivity index (χ1n) is 5.52. The minimum atomic E-state index is -0.196. The van der Waals surface area contributed by atoms with Gasteiger partial charge in [0.2, 0.25) is 0 Å². The zero-order chi connectivity index (χ0) is 10.1. The molecule has 0 bridgehead atoms. The van der Waals surface area contributed by atoms with E-state index in [0.29, 0.717) is 5.41 Å². The van der Waals surface area contributed by atoms with Gasteiger partial charge in [0.1, 0.15) is 0 Å². The van der Waals surface area contributed by atoms with Gasteiger partial charge in [-0.25, -0.2) is 0 Å². The molecule has 0 N–H and O–H groups in total. The zero-order valence-corrected chi connectivity index (χ0v) is 11.0. The summed E-state index contributed by atoms with van der Waals surface area (Å²) in [5.74, 6) is -0.196. The highest BCUT2D eigenvalue weighted by molar-refractivity contribution is 14.1. The Labute approximate surface area is 99.9 Å². The topological polar surface area (TPSA) is 18.5 Å². The van der Waals surface area contributed by atoms with Gasteiger partial charge in [0, 0.05) is 17.3 Å². The molecule has 1 heterocycles. The summed E-state index contributed by atoms with van der Waals surface area (Å²) in [7, 11) is 0. The molecule has 1 saturated heterocycles. The molecule has 2 rings (SSSR count). The van der Waals surface area contributed by atoms with E-state index in [4.69, 9.17) is 9.47 Å². The van der Waals surface area contributed by atoms with E-state index in [2.05, 4.69) is 29.5 Å². The van der Waals surface area contributed by atoms with Gasteiger partial charge in [-0.15, -0.1) is 0 Å². The number of alkyl halides is 1. The molecule has 1 unspecified atom stereocenters. The molecule has 0 radical (unpaired) electrons. The molecule has 1 aliphatic carbocycles. The van der Waals surface area contributed by atoms with Gasteiger partial charge in [0.05, 0.1) is 13.2 Å². The van der Waals surface area contributed by atoms with Crippen LogP contribution in [0.4, 0.5) is 0 Å². The van der Waals surface area contributed by atoms with E-state index in [1.54, 1.807) is 0 Å². The maximum Gasteiger partial charge on any atom is 0.169 e. The number of rotatable bonds is 2. The molecule has 1 atom stereocenters. The second-order valence-electron chi connectivity index (χ2n) is 4.89. The Hall–Kier alpha value is 0.650. The molecule has 0 aromatic heterocycles. The molecule has 1 saturated carbocycles. The number of ether oxygens (including phenoxy) is 2. The van der Waals surface area contributed by atoms with Crippen LogP contribution < -0.4 is 0 Å². The van der Waals surface area contributed by atoms with Crippen molar-refractivity contribution in [2.75, 3.05) is 17.6 Å². The lowest BCUT2D eigenvalue weighted by Gasteiger charge is -2.42. The molecule has 2 fully saturated rings. The fraction of sp³-hybridized carbons (Fsp3) is 1.00. The molecule has 82 valence electrons. The fourth-order valence-corrected chi connectivity index (χ4v) is 4.10. The van der Waals surface area contributed by atoms with Crippen LogP contribution in [-0.4, -0.2) is 23.4 Å². The standard InChI is InChI=1S/C11H19IO2/c1-10(5-6-12)3-2-4-11(9-10)13-7-8-14-11/h2-9H2,1H3. The third-order valence-electron chi connectivity index (χ3n) is 3.55. The summed E-state index contributed by atoms with van der Waals surface area (Å²) in [6, 6.07) is 0. The third-order valence-corrected chi connectivity index (χ3v) is 4.09. The smallest absolute Gasteiger partial charge is 0.169 e. The maximum atomic E-state index is 5.80. The SMILES string of the molecule is CC1(CCI)CCCC2(C1)OCCO2. The molecule has 14 heavy (non-hydrogen) atoms. The third kappa shape index (κ3) is 2.25. The molecule has 0 aromatic carbocycles. The Bertz CT molecular complexity index is 197. The van der Waals surface area contributed by atoms with Crippen LogP contribution in [-0.2, 0) is 9.47 Å². The number of hydrogen-bond donors (Lipinski definition) is 0. The van der Waals surface area contributed by atoms with Crippen LogP contribution in [0.2, 0.25) is 0 Å². The Morgan fingerprint density at radius 2 is 1.93 bits per heavy atom. The van der Waals surface area contributed by atoms with Crippen molar-refractivity contribution in [3.63, 3.8) is 0 Å². The van der Waals surface area contributed by atoms with Crippen LogP contribution in [0.25, 0.3) is 0 Å². The van der Waals surface area contributed by atoms with Gasteiger partial charge in [-0.05, 0) is 24.7 Å². The normalized spacial score (nSPS) is 36.4. The van der Waals surface area contributed by atoms with E-state index in [-0.39, 0.29) is 5.79 Å². The monoisotopic (exact) mass is 310 g/mol. The average Bonchev–Trinajstić information content (AvgIpc) is 2.52. The van der Waals surface area contributed by atoms with E-state index in [0.717, 1.165) is 26.1 Å². The molecular formula is C11H19IO2. The Kier molecular flexibility index (Phi) is 3.39. The fourth-order valence-electron chi connectivity index (χ4n) is 2.80. The molecular weight excluding hydrogens is 291 g/mol. The maximum absolute atomic E-state index is 5.80. The van der Waals surface area contributed by atoms with E-state index >= 15 is 0 Å². The Morgan fingerprint density at radius 3 is 2.57 bits per heavy atom. The summed E-state index contributed by atoms with van der Waals surface area (Å²) >= 11 is 2.47. The molecule has 3 heteroatoms. The Balaban J connectivity index is 2.02. The summed E-state index contributed by atoms with van der Waals surface area (Å²) in [6.07, 6.45) is 6.09. The Morgan fingerprint density at radius 1 is 1.21 bits per heavy atom. The lowest BCUT2D eigenvalue weighted by molar-refractivity contribution is -0.200. The van der Waals surface area contributed by atoms with Crippen LogP contribution in [0.5, 0.6) is 0 Å². The van der Waals surface area contributed by atoms with Crippen molar-refractivity contribution in [1.82, 2.24) is 0 Å². The van der Waals surface area contributed by atoms with Gasteiger partial charge < -0.3 is 9.47 Å². The van der Waals surface area contributed by atoms with Gasteiger partial charge in [0.25, 0.3) is 0 Å². The van der Waals surface area contributed by atoms with E-state index in [9.17, 15) is 0 Å².